The molecule has 3 heterocycles. The van der Waals surface area contributed by atoms with Gasteiger partial charge in [0.1, 0.15) is 18.4 Å². The Balaban J connectivity index is 1.57. The van der Waals surface area contributed by atoms with Gasteiger partial charge >= 0.3 is 0 Å². The predicted octanol–water partition coefficient (Wildman–Crippen LogP) is 1.03. The monoisotopic (exact) mass is 371 g/mol. The third-order valence-electron chi connectivity index (χ3n) is 4.82. The van der Waals surface area contributed by atoms with Gasteiger partial charge in [-0.25, -0.2) is 4.98 Å². The molecule has 2 amide bonds. The molecule has 1 fully saturated rings. The van der Waals surface area contributed by atoms with E-state index in [1.807, 2.05) is 47.0 Å². The Hall–Kier alpha value is -2.32. The maximum Gasteiger partial charge on any atom is 0.243 e. The number of piperazine rings is 1. The number of benzene rings is 1. The highest BCUT2D eigenvalue weighted by molar-refractivity contribution is 8.00. The molecular formula is C18H21N5O2S. The molecule has 0 bridgehead atoms. The first-order valence-electron chi connectivity index (χ1n) is 8.65. The van der Waals surface area contributed by atoms with Crippen LogP contribution in [0.3, 0.4) is 0 Å². The van der Waals surface area contributed by atoms with Gasteiger partial charge in [-0.2, -0.15) is 0 Å². The third-order valence-corrected chi connectivity index (χ3v) is 5.87. The molecule has 1 atom stereocenters. The van der Waals surface area contributed by atoms with Gasteiger partial charge in [0.15, 0.2) is 0 Å². The van der Waals surface area contributed by atoms with Crippen molar-refractivity contribution in [2.24, 2.45) is 7.05 Å². The van der Waals surface area contributed by atoms with Gasteiger partial charge in [0.05, 0.1) is 11.4 Å². The number of rotatable bonds is 3. The summed E-state index contributed by atoms with van der Waals surface area (Å²) in [5.74, 6) is 1.15. The second-order valence-corrected chi connectivity index (χ2v) is 7.46. The first-order chi connectivity index (χ1) is 12.6. The minimum atomic E-state index is -0.124. The van der Waals surface area contributed by atoms with Crippen LogP contribution in [-0.2, 0) is 16.6 Å². The molecule has 1 unspecified atom stereocenters. The number of carbonyl (C=O) groups excluding carboxylic acids is 2. The van der Waals surface area contributed by atoms with Crippen molar-refractivity contribution in [2.75, 3.05) is 36.8 Å². The van der Waals surface area contributed by atoms with Crippen LogP contribution >= 0.6 is 11.8 Å². The molecule has 0 aliphatic carbocycles. The Morgan fingerprint density at radius 3 is 3.04 bits per heavy atom. The molecule has 1 saturated heterocycles. The SMILES string of the molecule is Cn1ccnc1C1CNCCN1C(=O)CN1C(=O)CSc2ccccc21. The van der Waals surface area contributed by atoms with Crippen LogP contribution in [0.5, 0.6) is 0 Å². The van der Waals surface area contributed by atoms with Crippen LogP contribution in [0, 0.1) is 0 Å². The standard InChI is InChI=1S/C18H21N5O2S/c1-21-8-7-20-18(21)14-10-19-6-9-22(14)16(24)11-23-13-4-2-3-5-15(13)26-12-17(23)25/h2-5,7-8,14,19H,6,9-12H2,1H3. The summed E-state index contributed by atoms with van der Waals surface area (Å²) in [6.45, 7) is 2.08. The molecule has 1 N–H and O–H groups in total. The quantitative estimate of drug-likeness (QED) is 0.873. The number of imidazole rings is 1. The summed E-state index contributed by atoms with van der Waals surface area (Å²) in [5.41, 5.74) is 0.825. The number of nitrogens with zero attached hydrogens (tertiary/aromatic N) is 4. The van der Waals surface area contributed by atoms with Gasteiger partial charge in [-0.3, -0.25) is 9.59 Å². The van der Waals surface area contributed by atoms with Crippen molar-refractivity contribution in [3.63, 3.8) is 0 Å². The number of carbonyl (C=O) groups is 2. The van der Waals surface area contributed by atoms with Crippen LogP contribution in [0.25, 0.3) is 0 Å². The van der Waals surface area contributed by atoms with Crippen LogP contribution in [0.1, 0.15) is 11.9 Å². The highest BCUT2D eigenvalue weighted by atomic mass is 32.2. The molecule has 2 aromatic rings. The lowest BCUT2D eigenvalue weighted by atomic mass is 10.1. The van der Waals surface area contributed by atoms with Crippen molar-refractivity contribution in [2.45, 2.75) is 10.9 Å². The molecule has 2 aliphatic rings. The topological polar surface area (TPSA) is 70.5 Å². The normalized spacial score (nSPS) is 20.2. The van der Waals surface area contributed by atoms with Crippen molar-refractivity contribution >= 4 is 29.3 Å². The van der Waals surface area contributed by atoms with Crippen molar-refractivity contribution in [1.82, 2.24) is 19.8 Å². The predicted molar refractivity (Wildman–Crippen MR) is 100 cm³/mol. The molecule has 1 aromatic carbocycles. The molecular weight excluding hydrogens is 350 g/mol. The summed E-state index contributed by atoms with van der Waals surface area (Å²) in [5, 5.41) is 3.33. The van der Waals surface area contributed by atoms with Gasteiger partial charge in [-0.15, -0.1) is 11.8 Å². The molecule has 7 nitrogen and oxygen atoms in total. The molecule has 0 radical (unpaired) electrons. The van der Waals surface area contributed by atoms with Crippen LogP contribution in [0.4, 0.5) is 5.69 Å². The van der Waals surface area contributed by atoms with Gasteiger partial charge < -0.3 is 19.7 Å². The van der Waals surface area contributed by atoms with Gasteiger partial charge in [-0.05, 0) is 12.1 Å². The number of aryl methyl sites for hydroxylation is 1. The fourth-order valence-electron chi connectivity index (χ4n) is 3.49. The number of amides is 2. The Morgan fingerprint density at radius 1 is 1.38 bits per heavy atom. The van der Waals surface area contributed by atoms with E-state index in [9.17, 15) is 9.59 Å². The van der Waals surface area contributed by atoms with Crippen molar-refractivity contribution in [1.29, 1.82) is 0 Å². The number of anilines is 1. The van der Waals surface area contributed by atoms with Gasteiger partial charge in [0, 0.05) is 44.0 Å². The maximum atomic E-state index is 13.1. The average molecular weight is 371 g/mol. The fourth-order valence-corrected chi connectivity index (χ4v) is 4.42. The Morgan fingerprint density at radius 2 is 2.23 bits per heavy atom. The molecule has 136 valence electrons. The molecule has 4 rings (SSSR count). The number of hydrogen-bond donors (Lipinski definition) is 1. The lowest BCUT2D eigenvalue weighted by Crippen LogP contribution is -2.53. The van der Waals surface area contributed by atoms with Gasteiger partial charge in [0.25, 0.3) is 0 Å². The number of nitrogens with one attached hydrogen (secondary N) is 1. The number of aromatic nitrogens is 2. The van der Waals surface area contributed by atoms with E-state index in [4.69, 9.17) is 0 Å². The number of fused-ring (bicyclic) bond motifs is 1. The van der Waals surface area contributed by atoms with Crippen LogP contribution in [0.2, 0.25) is 0 Å². The zero-order chi connectivity index (χ0) is 18.1. The lowest BCUT2D eigenvalue weighted by molar-refractivity contribution is -0.134. The van der Waals surface area contributed by atoms with E-state index < -0.39 is 0 Å². The van der Waals surface area contributed by atoms with E-state index in [2.05, 4.69) is 10.3 Å². The highest BCUT2D eigenvalue weighted by Gasteiger charge is 2.33. The minimum Gasteiger partial charge on any atom is -0.336 e. The zero-order valence-electron chi connectivity index (χ0n) is 14.6. The lowest BCUT2D eigenvalue weighted by Gasteiger charge is -2.37. The van der Waals surface area contributed by atoms with E-state index in [1.165, 1.54) is 11.8 Å². The fraction of sp³-hybridized carbons (Fsp3) is 0.389. The Labute approximate surface area is 156 Å². The van der Waals surface area contributed by atoms with E-state index in [-0.39, 0.29) is 24.4 Å². The second kappa shape index (κ2) is 7.13. The summed E-state index contributed by atoms with van der Waals surface area (Å²) in [4.78, 5) is 34.5. The first kappa shape index (κ1) is 17.1. The molecule has 8 heteroatoms. The molecule has 26 heavy (non-hydrogen) atoms. The number of thioether (sulfide) groups is 1. The zero-order valence-corrected chi connectivity index (χ0v) is 15.4. The van der Waals surface area contributed by atoms with E-state index in [1.54, 1.807) is 11.1 Å². The molecule has 0 saturated carbocycles. The highest BCUT2D eigenvalue weighted by Crippen LogP contribution is 2.35. The van der Waals surface area contributed by atoms with E-state index >= 15 is 0 Å². The smallest absolute Gasteiger partial charge is 0.243 e. The summed E-state index contributed by atoms with van der Waals surface area (Å²) < 4.78 is 1.94. The number of para-hydroxylation sites is 1. The molecule has 0 spiro atoms. The number of hydrogen-bond acceptors (Lipinski definition) is 5. The Kier molecular flexibility index (Phi) is 4.69. The van der Waals surface area contributed by atoms with E-state index in [0.717, 1.165) is 23.0 Å². The molecule has 2 aliphatic heterocycles. The van der Waals surface area contributed by atoms with Crippen molar-refractivity contribution in [3.8, 4) is 0 Å². The molecule has 1 aromatic heterocycles. The third kappa shape index (κ3) is 3.10. The van der Waals surface area contributed by atoms with Crippen LogP contribution in [0.15, 0.2) is 41.6 Å². The largest absolute Gasteiger partial charge is 0.336 e. The van der Waals surface area contributed by atoms with Gasteiger partial charge in [-0.1, -0.05) is 12.1 Å². The first-order valence-corrected chi connectivity index (χ1v) is 9.63. The summed E-state index contributed by atoms with van der Waals surface area (Å²) >= 11 is 1.52. The second-order valence-electron chi connectivity index (χ2n) is 6.44. The van der Waals surface area contributed by atoms with Crippen molar-refractivity contribution < 1.29 is 9.59 Å². The van der Waals surface area contributed by atoms with Crippen molar-refractivity contribution in [3.05, 3.63) is 42.5 Å². The Bertz CT molecular complexity index is 836. The van der Waals surface area contributed by atoms with Crippen LogP contribution in [-0.4, -0.2) is 58.2 Å². The summed E-state index contributed by atoms with van der Waals surface area (Å²) in [7, 11) is 1.93. The maximum absolute atomic E-state index is 13.1. The summed E-state index contributed by atoms with van der Waals surface area (Å²) in [6, 6.07) is 7.62. The van der Waals surface area contributed by atoms with Gasteiger partial charge in [0.2, 0.25) is 11.8 Å². The summed E-state index contributed by atoms with van der Waals surface area (Å²) in [6.07, 6.45) is 3.63. The van der Waals surface area contributed by atoms with Crippen LogP contribution < -0.4 is 10.2 Å². The minimum absolute atomic E-state index is 0.0225. The average Bonchev–Trinajstić information content (AvgIpc) is 3.10. The van der Waals surface area contributed by atoms with E-state index in [0.29, 0.717) is 18.8 Å².